The number of anilines is 4. The minimum atomic E-state index is -0.725. The zero-order valence-electron chi connectivity index (χ0n) is 27.2. The summed E-state index contributed by atoms with van der Waals surface area (Å²) >= 11 is 0. The van der Waals surface area contributed by atoms with Crippen molar-refractivity contribution >= 4 is 23.3 Å². The van der Waals surface area contributed by atoms with E-state index in [1.807, 2.05) is 48.5 Å². The molecular formula is C34H43N5O9. The predicted molar refractivity (Wildman–Crippen MR) is 179 cm³/mol. The van der Waals surface area contributed by atoms with Crippen LogP contribution in [0.5, 0.6) is 17.2 Å². The average molecular weight is 666 g/mol. The number of rotatable bonds is 21. The van der Waals surface area contributed by atoms with E-state index >= 15 is 0 Å². The van der Waals surface area contributed by atoms with Crippen molar-refractivity contribution in [2.24, 2.45) is 0 Å². The van der Waals surface area contributed by atoms with E-state index in [9.17, 15) is 15.3 Å². The lowest BCUT2D eigenvalue weighted by molar-refractivity contribution is 0.0325. The van der Waals surface area contributed by atoms with Gasteiger partial charge < -0.3 is 54.4 Å². The summed E-state index contributed by atoms with van der Waals surface area (Å²) < 4.78 is 31.7. The third kappa shape index (κ3) is 12.6. The Bertz CT molecular complexity index is 1300. The monoisotopic (exact) mass is 665 g/mol. The third-order valence-corrected chi connectivity index (χ3v) is 6.59. The fraction of sp³-hybridized carbons (Fsp3) is 0.382. The highest BCUT2D eigenvalue weighted by molar-refractivity contribution is 5.59. The quantitative estimate of drug-likeness (QED) is 0.0877. The van der Waals surface area contributed by atoms with Crippen LogP contribution in [0.1, 0.15) is 11.4 Å². The average Bonchev–Trinajstić information content (AvgIpc) is 3.08. The van der Waals surface area contributed by atoms with Gasteiger partial charge in [-0.25, -0.2) is 0 Å². The molecule has 1 heterocycles. The molecule has 14 nitrogen and oxygen atoms in total. The van der Waals surface area contributed by atoms with Gasteiger partial charge in [-0.1, -0.05) is 12.1 Å². The summed E-state index contributed by atoms with van der Waals surface area (Å²) in [6.07, 6.45) is -1.76. The van der Waals surface area contributed by atoms with Gasteiger partial charge in [0.15, 0.2) is 0 Å². The van der Waals surface area contributed by atoms with Gasteiger partial charge >= 0.3 is 0 Å². The summed E-state index contributed by atoms with van der Waals surface area (Å²) in [6.45, 7) is 0.905. The van der Waals surface area contributed by atoms with Crippen molar-refractivity contribution in [3.05, 3.63) is 84.2 Å². The van der Waals surface area contributed by atoms with E-state index in [0.29, 0.717) is 41.4 Å². The maximum absolute atomic E-state index is 9.85. The first kappa shape index (κ1) is 36.3. The lowest BCUT2D eigenvalue weighted by Crippen LogP contribution is -2.22. The van der Waals surface area contributed by atoms with Crippen LogP contribution < -0.4 is 24.8 Å². The van der Waals surface area contributed by atoms with Crippen molar-refractivity contribution in [3.8, 4) is 17.2 Å². The molecule has 0 fully saturated rings. The summed E-state index contributed by atoms with van der Waals surface area (Å²) in [5.41, 5.74) is 2.38. The molecule has 0 aliphatic heterocycles. The summed E-state index contributed by atoms with van der Waals surface area (Å²) in [5, 5.41) is 36.0. The van der Waals surface area contributed by atoms with Crippen molar-refractivity contribution in [3.63, 3.8) is 0 Å². The van der Waals surface area contributed by atoms with E-state index in [-0.39, 0.29) is 39.6 Å². The molecule has 0 aliphatic rings. The normalized spacial score (nSPS) is 13.0. The molecule has 258 valence electrons. The number of hydrogen-bond donors (Lipinski definition) is 5. The fourth-order valence-corrected chi connectivity index (χ4v) is 4.32. The van der Waals surface area contributed by atoms with E-state index in [1.54, 1.807) is 24.3 Å². The minimum absolute atomic E-state index is 0.109. The van der Waals surface area contributed by atoms with Gasteiger partial charge in [0.1, 0.15) is 61.2 Å². The molecule has 3 atom stereocenters. The number of aliphatic hydroxyl groups excluding tert-OH is 3. The number of ether oxygens (including phenoxy) is 6. The van der Waals surface area contributed by atoms with Gasteiger partial charge in [-0.3, -0.25) is 0 Å². The highest BCUT2D eigenvalue weighted by atomic mass is 16.5. The van der Waals surface area contributed by atoms with Crippen LogP contribution in [0.15, 0.2) is 72.8 Å². The van der Waals surface area contributed by atoms with Crippen LogP contribution in [0.3, 0.4) is 0 Å². The Kier molecular flexibility index (Phi) is 14.6. The first-order chi connectivity index (χ1) is 23.3. The third-order valence-electron chi connectivity index (χ3n) is 6.59. The summed E-state index contributed by atoms with van der Waals surface area (Å²) in [4.78, 5) is 13.9. The molecule has 0 saturated heterocycles. The van der Waals surface area contributed by atoms with Crippen LogP contribution in [-0.2, 0) is 20.6 Å². The predicted octanol–water partition coefficient (Wildman–Crippen LogP) is 3.11. The van der Waals surface area contributed by atoms with E-state index in [2.05, 4.69) is 25.6 Å². The zero-order chi connectivity index (χ0) is 34.1. The Hall–Kier alpha value is -4.57. The molecule has 0 bridgehead atoms. The van der Waals surface area contributed by atoms with Crippen LogP contribution in [0, 0.1) is 0 Å². The Balaban J connectivity index is 1.47. The second-order valence-corrected chi connectivity index (χ2v) is 10.8. The second kappa shape index (κ2) is 19.3. The van der Waals surface area contributed by atoms with E-state index in [0.717, 1.165) is 16.9 Å². The number of nitrogens with zero attached hydrogens (tertiary/aromatic N) is 3. The molecule has 14 heteroatoms. The molecule has 0 amide bonds. The first-order valence-electron chi connectivity index (χ1n) is 15.3. The Morgan fingerprint density at radius 1 is 0.500 bits per heavy atom. The van der Waals surface area contributed by atoms with Crippen LogP contribution in [0.25, 0.3) is 0 Å². The molecule has 0 radical (unpaired) electrons. The summed E-state index contributed by atoms with van der Waals surface area (Å²) in [7, 11) is 4.56. The van der Waals surface area contributed by atoms with Gasteiger partial charge in [0.05, 0.1) is 19.8 Å². The molecule has 3 aromatic carbocycles. The summed E-state index contributed by atoms with van der Waals surface area (Å²) in [5.74, 6) is 2.97. The molecule has 0 spiro atoms. The molecule has 4 aromatic rings. The van der Waals surface area contributed by atoms with Crippen molar-refractivity contribution in [1.29, 1.82) is 0 Å². The standard InChI is InChI=1S/C34H43N5O9/c1-43-17-26(40)20-46-29-10-4-23(5-11-29)16-32-37-33(35-24-6-12-30(13-7-24)47-21-27(41)18-44-2)39-34(38-32)36-25-8-14-31(15-9-25)48-22-28(42)19-45-3/h4-15,26-28,40-42H,16-22H2,1-3H3,(H2,35,36,37,38,39). The second-order valence-electron chi connectivity index (χ2n) is 10.8. The molecule has 4 rings (SSSR count). The number of aliphatic hydroxyl groups is 3. The van der Waals surface area contributed by atoms with Gasteiger partial charge in [-0.15, -0.1) is 0 Å². The fourth-order valence-electron chi connectivity index (χ4n) is 4.32. The van der Waals surface area contributed by atoms with Crippen LogP contribution in [-0.4, -0.2) is 110 Å². The van der Waals surface area contributed by atoms with Gasteiger partial charge in [-0.05, 0) is 66.2 Å². The zero-order valence-corrected chi connectivity index (χ0v) is 27.2. The molecule has 3 unspecified atom stereocenters. The van der Waals surface area contributed by atoms with Crippen LogP contribution in [0.4, 0.5) is 23.3 Å². The highest BCUT2D eigenvalue weighted by Gasteiger charge is 2.12. The first-order valence-corrected chi connectivity index (χ1v) is 15.3. The minimum Gasteiger partial charge on any atom is -0.491 e. The van der Waals surface area contributed by atoms with Crippen molar-refractivity contribution in [2.45, 2.75) is 24.7 Å². The van der Waals surface area contributed by atoms with E-state index < -0.39 is 18.3 Å². The number of nitrogens with one attached hydrogen (secondary N) is 2. The Morgan fingerprint density at radius 2 is 0.854 bits per heavy atom. The molecule has 48 heavy (non-hydrogen) atoms. The van der Waals surface area contributed by atoms with Crippen LogP contribution in [0.2, 0.25) is 0 Å². The van der Waals surface area contributed by atoms with Gasteiger partial charge in [-0.2, -0.15) is 15.0 Å². The Morgan fingerprint density at radius 3 is 1.21 bits per heavy atom. The van der Waals surface area contributed by atoms with E-state index in [4.69, 9.17) is 28.4 Å². The lowest BCUT2D eigenvalue weighted by atomic mass is 10.1. The molecule has 1 aromatic heterocycles. The number of aromatic nitrogens is 3. The molecular weight excluding hydrogens is 622 g/mol. The van der Waals surface area contributed by atoms with Crippen LogP contribution >= 0.6 is 0 Å². The van der Waals surface area contributed by atoms with Gasteiger partial charge in [0.25, 0.3) is 0 Å². The number of methoxy groups -OCH3 is 3. The smallest absolute Gasteiger partial charge is 0.232 e. The molecule has 5 N–H and O–H groups in total. The Labute approximate surface area is 279 Å². The topological polar surface area (TPSA) is 179 Å². The number of hydrogen-bond acceptors (Lipinski definition) is 14. The van der Waals surface area contributed by atoms with Crippen molar-refractivity contribution in [2.75, 3.05) is 71.6 Å². The summed E-state index contributed by atoms with van der Waals surface area (Å²) in [6, 6.07) is 21.8. The van der Waals surface area contributed by atoms with E-state index in [1.165, 1.54) is 21.3 Å². The lowest BCUT2D eigenvalue weighted by Gasteiger charge is -2.14. The maximum Gasteiger partial charge on any atom is 0.232 e. The molecule has 0 saturated carbocycles. The van der Waals surface area contributed by atoms with Gasteiger partial charge in [0, 0.05) is 39.1 Å². The maximum atomic E-state index is 9.85. The van der Waals surface area contributed by atoms with Crippen molar-refractivity contribution < 1.29 is 43.7 Å². The molecule has 0 aliphatic carbocycles. The van der Waals surface area contributed by atoms with Crippen molar-refractivity contribution in [1.82, 2.24) is 15.0 Å². The van der Waals surface area contributed by atoms with Gasteiger partial charge in [0.2, 0.25) is 11.9 Å². The highest BCUT2D eigenvalue weighted by Crippen LogP contribution is 2.23. The SMILES string of the molecule is COCC(O)COc1ccc(Cc2nc(Nc3ccc(OCC(O)COC)cc3)nc(Nc3ccc(OCC(O)COC)cc3)n2)cc1. The number of benzene rings is 3. The largest absolute Gasteiger partial charge is 0.491 e.